The number of anilines is 2. The molecule has 1 N–H and O–H groups in total. The van der Waals surface area contributed by atoms with Gasteiger partial charge < -0.3 is 15.0 Å². The van der Waals surface area contributed by atoms with Crippen molar-refractivity contribution in [2.24, 2.45) is 0 Å². The number of amides is 1. The number of hydrogen-bond acceptors (Lipinski definition) is 6. The molecule has 5 rings (SSSR count). The lowest BCUT2D eigenvalue weighted by Crippen LogP contribution is -2.51. The van der Waals surface area contributed by atoms with E-state index in [0.717, 1.165) is 68.0 Å². The van der Waals surface area contributed by atoms with E-state index in [4.69, 9.17) is 4.74 Å². The van der Waals surface area contributed by atoms with Crippen LogP contribution in [0.2, 0.25) is 0 Å². The van der Waals surface area contributed by atoms with Crippen LogP contribution in [0.3, 0.4) is 0 Å². The zero-order valence-corrected chi connectivity index (χ0v) is 18.7. The molecule has 7 heteroatoms. The standard InChI is InChI=1S/C25H26N4O2S/c26-17-19-15-20(27-25(30)24-16-18-3-1-2-4-23(18)32-24)5-6-22(19)29-11-9-28(10-12-29)21-7-13-31-14-8-21/h1-6,15-16,21H,7-14H2,(H,27,30). The van der Waals surface area contributed by atoms with E-state index in [9.17, 15) is 10.1 Å². The molecule has 2 fully saturated rings. The Morgan fingerprint density at radius 1 is 1.06 bits per heavy atom. The molecule has 6 nitrogen and oxygen atoms in total. The smallest absolute Gasteiger partial charge is 0.265 e. The lowest BCUT2D eigenvalue weighted by Gasteiger charge is -2.41. The number of ether oxygens (including phenoxy) is 1. The van der Waals surface area contributed by atoms with Crippen LogP contribution in [0, 0.1) is 11.3 Å². The predicted molar refractivity (Wildman–Crippen MR) is 129 cm³/mol. The Morgan fingerprint density at radius 2 is 1.84 bits per heavy atom. The lowest BCUT2D eigenvalue weighted by atomic mass is 10.1. The molecule has 3 aromatic rings. The fourth-order valence-corrected chi connectivity index (χ4v) is 5.60. The molecule has 1 aromatic heterocycles. The second kappa shape index (κ2) is 9.29. The van der Waals surface area contributed by atoms with E-state index in [1.54, 1.807) is 6.07 Å². The molecule has 2 aliphatic heterocycles. The summed E-state index contributed by atoms with van der Waals surface area (Å²) in [6.45, 7) is 5.52. The fourth-order valence-electron chi connectivity index (χ4n) is 4.64. The zero-order valence-electron chi connectivity index (χ0n) is 17.9. The first-order chi connectivity index (χ1) is 15.7. The van der Waals surface area contributed by atoms with Crippen molar-refractivity contribution in [3.05, 3.63) is 59.0 Å². The van der Waals surface area contributed by atoms with Crippen molar-refractivity contribution in [3.63, 3.8) is 0 Å². The van der Waals surface area contributed by atoms with Crippen molar-refractivity contribution in [3.8, 4) is 6.07 Å². The number of carbonyl (C=O) groups excluding carboxylic acids is 1. The third-order valence-corrected chi connectivity index (χ3v) is 7.50. The van der Waals surface area contributed by atoms with E-state index in [0.29, 0.717) is 22.2 Å². The van der Waals surface area contributed by atoms with E-state index in [-0.39, 0.29) is 5.91 Å². The minimum Gasteiger partial charge on any atom is -0.381 e. The van der Waals surface area contributed by atoms with Crippen LogP contribution in [-0.2, 0) is 4.74 Å². The Labute approximate surface area is 192 Å². The number of fused-ring (bicyclic) bond motifs is 1. The second-order valence-electron chi connectivity index (χ2n) is 8.31. The summed E-state index contributed by atoms with van der Waals surface area (Å²) in [4.78, 5) is 18.3. The largest absolute Gasteiger partial charge is 0.381 e. The summed E-state index contributed by atoms with van der Waals surface area (Å²) < 4.78 is 6.58. The maximum atomic E-state index is 12.7. The van der Waals surface area contributed by atoms with E-state index in [1.165, 1.54) is 11.3 Å². The van der Waals surface area contributed by atoms with Crippen LogP contribution in [0.4, 0.5) is 11.4 Å². The van der Waals surface area contributed by atoms with Gasteiger partial charge in [0.2, 0.25) is 0 Å². The Bertz CT molecular complexity index is 1120. The molecule has 164 valence electrons. The number of hydrogen-bond donors (Lipinski definition) is 1. The molecular weight excluding hydrogens is 420 g/mol. The lowest BCUT2D eigenvalue weighted by molar-refractivity contribution is 0.0321. The van der Waals surface area contributed by atoms with Crippen molar-refractivity contribution < 1.29 is 9.53 Å². The van der Waals surface area contributed by atoms with Gasteiger partial charge in [0.05, 0.1) is 16.1 Å². The molecule has 0 aliphatic carbocycles. The van der Waals surface area contributed by atoms with Gasteiger partial charge in [-0.25, -0.2) is 0 Å². The number of thiophene rings is 1. The highest BCUT2D eigenvalue weighted by Crippen LogP contribution is 2.28. The first kappa shape index (κ1) is 21.0. The molecule has 0 saturated carbocycles. The highest BCUT2D eigenvalue weighted by atomic mass is 32.1. The molecular formula is C25H26N4O2S. The summed E-state index contributed by atoms with van der Waals surface area (Å²) in [5.74, 6) is -0.145. The van der Waals surface area contributed by atoms with Gasteiger partial charge in [-0.2, -0.15) is 5.26 Å². The molecule has 0 bridgehead atoms. The molecule has 2 aromatic carbocycles. The average Bonchev–Trinajstić information content (AvgIpc) is 3.29. The normalized spacial score (nSPS) is 17.9. The van der Waals surface area contributed by atoms with Gasteiger partial charge in [-0.3, -0.25) is 9.69 Å². The van der Waals surface area contributed by atoms with Gasteiger partial charge in [-0.15, -0.1) is 11.3 Å². The van der Waals surface area contributed by atoms with E-state index >= 15 is 0 Å². The monoisotopic (exact) mass is 446 g/mol. The van der Waals surface area contributed by atoms with Crippen molar-refractivity contribution in [2.75, 3.05) is 49.6 Å². The van der Waals surface area contributed by atoms with Gasteiger partial charge in [-0.1, -0.05) is 18.2 Å². The number of rotatable bonds is 4. The number of nitriles is 1. The maximum Gasteiger partial charge on any atom is 0.265 e. The van der Waals surface area contributed by atoms with E-state index in [2.05, 4.69) is 21.2 Å². The summed E-state index contributed by atoms with van der Waals surface area (Å²) in [5, 5.41) is 13.8. The van der Waals surface area contributed by atoms with Crippen LogP contribution in [0.15, 0.2) is 48.5 Å². The third kappa shape index (κ3) is 4.35. The van der Waals surface area contributed by atoms with Gasteiger partial charge in [0, 0.05) is 55.8 Å². The van der Waals surface area contributed by atoms with Crippen LogP contribution in [0.25, 0.3) is 10.1 Å². The van der Waals surface area contributed by atoms with Crippen molar-refractivity contribution in [1.29, 1.82) is 5.26 Å². The molecule has 2 aliphatic rings. The summed E-state index contributed by atoms with van der Waals surface area (Å²) in [6, 6.07) is 18.5. The molecule has 2 saturated heterocycles. The van der Waals surface area contributed by atoms with Gasteiger partial charge in [0.25, 0.3) is 5.91 Å². The first-order valence-corrected chi connectivity index (χ1v) is 11.9. The Hall–Kier alpha value is -2.92. The van der Waals surface area contributed by atoms with Crippen LogP contribution in [0.1, 0.15) is 28.1 Å². The Kier molecular flexibility index (Phi) is 6.08. The molecule has 0 radical (unpaired) electrons. The van der Waals surface area contributed by atoms with Gasteiger partial charge in [0.15, 0.2) is 0 Å². The van der Waals surface area contributed by atoms with Gasteiger partial charge in [-0.05, 0) is 48.6 Å². The second-order valence-corrected chi connectivity index (χ2v) is 9.40. The summed E-state index contributed by atoms with van der Waals surface area (Å²) in [7, 11) is 0. The van der Waals surface area contributed by atoms with Crippen molar-refractivity contribution in [1.82, 2.24) is 4.90 Å². The third-order valence-electron chi connectivity index (χ3n) is 6.39. The number of piperazine rings is 1. The average molecular weight is 447 g/mol. The minimum atomic E-state index is -0.145. The molecule has 32 heavy (non-hydrogen) atoms. The predicted octanol–water partition coefficient (Wildman–Crippen LogP) is 4.33. The number of nitrogens with zero attached hydrogens (tertiary/aromatic N) is 3. The van der Waals surface area contributed by atoms with Crippen LogP contribution in [-0.4, -0.2) is 56.2 Å². The van der Waals surface area contributed by atoms with Crippen molar-refractivity contribution >= 4 is 38.7 Å². The summed E-state index contributed by atoms with van der Waals surface area (Å²) in [6.07, 6.45) is 2.22. The van der Waals surface area contributed by atoms with E-state index < -0.39 is 0 Å². The summed E-state index contributed by atoms with van der Waals surface area (Å²) in [5.41, 5.74) is 2.19. The highest BCUT2D eigenvalue weighted by molar-refractivity contribution is 7.20. The number of carbonyl (C=O) groups is 1. The number of benzene rings is 2. The quantitative estimate of drug-likeness (QED) is 0.646. The van der Waals surface area contributed by atoms with Crippen LogP contribution in [0.5, 0.6) is 0 Å². The fraction of sp³-hybridized carbons (Fsp3) is 0.360. The van der Waals surface area contributed by atoms with Crippen LogP contribution >= 0.6 is 11.3 Å². The van der Waals surface area contributed by atoms with E-state index in [1.807, 2.05) is 42.5 Å². The van der Waals surface area contributed by atoms with Gasteiger partial charge in [0.1, 0.15) is 6.07 Å². The molecule has 0 spiro atoms. The molecule has 0 unspecified atom stereocenters. The molecule has 3 heterocycles. The summed E-state index contributed by atoms with van der Waals surface area (Å²) >= 11 is 1.47. The van der Waals surface area contributed by atoms with Crippen molar-refractivity contribution in [2.45, 2.75) is 18.9 Å². The Morgan fingerprint density at radius 3 is 2.59 bits per heavy atom. The minimum absolute atomic E-state index is 0.145. The Balaban J connectivity index is 1.26. The topological polar surface area (TPSA) is 68.6 Å². The highest BCUT2D eigenvalue weighted by Gasteiger charge is 2.26. The first-order valence-electron chi connectivity index (χ1n) is 11.1. The zero-order chi connectivity index (χ0) is 21.9. The van der Waals surface area contributed by atoms with Gasteiger partial charge >= 0.3 is 0 Å². The molecule has 0 atom stereocenters. The van der Waals surface area contributed by atoms with Crippen LogP contribution < -0.4 is 10.2 Å². The maximum absolute atomic E-state index is 12.7. The molecule has 1 amide bonds. The number of nitrogens with one attached hydrogen (secondary N) is 1. The SMILES string of the molecule is N#Cc1cc(NC(=O)c2cc3ccccc3s2)ccc1N1CCN(C2CCOCC2)CC1.